The number of nitrogens with zero attached hydrogens (tertiary/aromatic N) is 2. The SMILES string of the molecule is CCCCCCCCCCc1ccc(-c2nc(Cl)c(CCC(F)CCCCCC)c(Cl)n2)cc1. The Morgan fingerprint density at radius 3 is 1.79 bits per heavy atom. The number of aryl methyl sites for hydroxylation is 1. The minimum Gasteiger partial charge on any atom is -0.247 e. The van der Waals surface area contributed by atoms with E-state index in [4.69, 9.17) is 23.2 Å². The van der Waals surface area contributed by atoms with E-state index < -0.39 is 6.17 Å². The van der Waals surface area contributed by atoms with Crippen LogP contribution in [0.15, 0.2) is 24.3 Å². The fraction of sp³-hybridized carbons (Fsp3) is 0.655. The number of alkyl halides is 1. The number of hydrogen-bond acceptors (Lipinski definition) is 2. The van der Waals surface area contributed by atoms with E-state index in [1.807, 2.05) is 12.1 Å². The Labute approximate surface area is 217 Å². The topological polar surface area (TPSA) is 25.8 Å². The summed E-state index contributed by atoms with van der Waals surface area (Å²) >= 11 is 12.9. The van der Waals surface area contributed by atoms with Crippen LogP contribution in [0.4, 0.5) is 4.39 Å². The van der Waals surface area contributed by atoms with Crippen LogP contribution in [0.1, 0.15) is 115 Å². The molecule has 34 heavy (non-hydrogen) atoms. The predicted molar refractivity (Wildman–Crippen MR) is 146 cm³/mol. The van der Waals surface area contributed by atoms with Crippen LogP contribution in [0.25, 0.3) is 11.4 Å². The van der Waals surface area contributed by atoms with E-state index in [9.17, 15) is 4.39 Å². The Bertz CT molecular complexity index is 787. The predicted octanol–water partition coefficient (Wildman–Crippen LogP) is 10.4. The molecule has 2 rings (SSSR count). The van der Waals surface area contributed by atoms with Crippen molar-refractivity contribution in [1.82, 2.24) is 9.97 Å². The number of rotatable bonds is 18. The molecule has 5 heteroatoms. The molecule has 190 valence electrons. The average molecular weight is 510 g/mol. The summed E-state index contributed by atoms with van der Waals surface area (Å²) in [7, 11) is 0. The third-order valence-corrected chi connectivity index (χ3v) is 7.14. The van der Waals surface area contributed by atoms with Crippen molar-refractivity contribution >= 4 is 23.2 Å². The first kappa shape index (κ1) is 29.0. The van der Waals surface area contributed by atoms with Crippen molar-refractivity contribution in [2.24, 2.45) is 0 Å². The maximum absolute atomic E-state index is 14.2. The van der Waals surface area contributed by atoms with Gasteiger partial charge in [-0.05, 0) is 37.7 Å². The van der Waals surface area contributed by atoms with E-state index >= 15 is 0 Å². The van der Waals surface area contributed by atoms with Crippen LogP contribution in [-0.4, -0.2) is 16.1 Å². The first-order valence-corrected chi connectivity index (χ1v) is 14.3. The molecule has 1 aromatic carbocycles. The lowest BCUT2D eigenvalue weighted by atomic mass is 10.0. The zero-order valence-electron chi connectivity index (χ0n) is 21.2. The normalized spacial score (nSPS) is 12.3. The first-order chi connectivity index (χ1) is 16.5. The second-order valence-electron chi connectivity index (χ2n) is 9.51. The van der Waals surface area contributed by atoms with Gasteiger partial charge in [0.1, 0.15) is 16.5 Å². The van der Waals surface area contributed by atoms with Gasteiger partial charge < -0.3 is 0 Å². The zero-order valence-corrected chi connectivity index (χ0v) is 22.7. The van der Waals surface area contributed by atoms with Gasteiger partial charge in [0.05, 0.1) is 0 Å². The highest BCUT2D eigenvalue weighted by Crippen LogP contribution is 2.28. The summed E-state index contributed by atoms with van der Waals surface area (Å²) in [5.74, 6) is 0.522. The van der Waals surface area contributed by atoms with Gasteiger partial charge in [-0.25, -0.2) is 14.4 Å². The van der Waals surface area contributed by atoms with Crippen molar-refractivity contribution in [2.45, 2.75) is 123 Å². The fourth-order valence-electron chi connectivity index (χ4n) is 4.29. The molecule has 2 nitrogen and oxygen atoms in total. The standard InChI is InChI=1S/C29H43Cl2FN2/c1-3-5-7-9-10-11-12-13-15-23-17-19-24(20-18-23)29-33-27(30)26(28(31)34-29)22-21-25(32)16-14-8-6-4-2/h17-20,25H,3-16,21-22H2,1-2H3. The highest BCUT2D eigenvalue weighted by molar-refractivity contribution is 6.34. The lowest BCUT2D eigenvalue weighted by Crippen LogP contribution is -2.05. The number of unbranched alkanes of at least 4 members (excludes halogenated alkanes) is 10. The zero-order chi connectivity index (χ0) is 24.6. The average Bonchev–Trinajstić information content (AvgIpc) is 2.83. The van der Waals surface area contributed by atoms with E-state index in [2.05, 4.69) is 35.9 Å². The smallest absolute Gasteiger partial charge is 0.162 e. The van der Waals surface area contributed by atoms with E-state index in [1.54, 1.807) is 0 Å². The van der Waals surface area contributed by atoms with Gasteiger partial charge in [-0.3, -0.25) is 0 Å². The maximum Gasteiger partial charge on any atom is 0.162 e. The molecule has 0 radical (unpaired) electrons. The van der Waals surface area contributed by atoms with Gasteiger partial charge in [-0.2, -0.15) is 0 Å². The summed E-state index contributed by atoms with van der Waals surface area (Å²) in [6, 6.07) is 8.36. The molecule has 1 unspecified atom stereocenters. The van der Waals surface area contributed by atoms with Gasteiger partial charge in [0.2, 0.25) is 0 Å². The number of hydrogen-bond donors (Lipinski definition) is 0. The van der Waals surface area contributed by atoms with Crippen molar-refractivity contribution in [3.8, 4) is 11.4 Å². The molecule has 0 saturated heterocycles. The molecule has 0 aliphatic rings. The highest BCUT2D eigenvalue weighted by Gasteiger charge is 2.15. The van der Waals surface area contributed by atoms with Crippen LogP contribution in [0, 0.1) is 0 Å². The van der Waals surface area contributed by atoms with Gasteiger partial charge in [-0.15, -0.1) is 0 Å². The fourth-order valence-corrected chi connectivity index (χ4v) is 4.86. The second kappa shape index (κ2) is 17.3. The van der Waals surface area contributed by atoms with Crippen LogP contribution in [-0.2, 0) is 12.8 Å². The lowest BCUT2D eigenvalue weighted by Gasteiger charge is -2.11. The largest absolute Gasteiger partial charge is 0.247 e. The Morgan fingerprint density at radius 1 is 0.676 bits per heavy atom. The van der Waals surface area contributed by atoms with Crippen LogP contribution >= 0.6 is 23.2 Å². The molecule has 1 atom stereocenters. The minimum absolute atomic E-state index is 0.330. The van der Waals surface area contributed by atoms with Gasteiger partial charge >= 0.3 is 0 Å². The van der Waals surface area contributed by atoms with Crippen molar-refractivity contribution < 1.29 is 4.39 Å². The Kier molecular flexibility index (Phi) is 14.8. The molecule has 0 N–H and O–H groups in total. The van der Waals surface area contributed by atoms with E-state index in [0.29, 0.717) is 41.0 Å². The van der Waals surface area contributed by atoms with Crippen molar-refractivity contribution in [3.05, 3.63) is 45.7 Å². The minimum atomic E-state index is -0.836. The van der Waals surface area contributed by atoms with Gasteiger partial charge in [0.25, 0.3) is 0 Å². The van der Waals surface area contributed by atoms with Gasteiger partial charge in [0.15, 0.2) is 5.82 Å². The third-order valence-electron chi connectivity index (χ3n) is 6.52. The third kappa shape index (κ3) is 11.0. The summed E-state index contributed by atoms with van der Waals surface area (Å²) in [5.41, 5.74) is 2.88. The maximum atomic E-state index is 14.2. The monoisotopic (exact) mass is 508 g/mol. The lowest BCUT2D eigenvalue weighted by molar-refractivity contribution is 0.287. The number of halogens is 3. The molecule has 0 spiro atoms. The second-order valence-corrected chi connectivity index (χ2v) is 10.2. The molecule has 2 aromatic rings. The highest BCUT2D eigenvalue weighted by atomic mass is 35.5. The molecule has 0 fully saturated rings. The van der Waals surface area contributed by atoms with Gasteiger partial charge in [0, 0.05) is 11.1 Å². The summed E-state index contributed by atoms with van der Waals surface area (Å²) in [5, 5.41) is 0.660. The van der Waals surface area contributed by atoms with E-state index in [1.165, 1.54) is 63.4 Å². The Morgan fingerprint density at radius 2 is 1.21 bits per heavy atom. The summed E-state index contributed by atoms with van der Waals surface area (Å²) in [4.78, 5) is 8.93. The molecule has 1 heterocycles. The molecular formula is C29H43Cl2FN2. The summed E-state index contributed by atoms with van der Waals surface area (Å²) in [6.07, 6.45) is 16.7. The molecule has 0 amide bonds. The molecule has 1 aromatic heterocycles. The van der Waals surface area contributed by atoms with Crippen molar-refractivity contribution in [3.63, 3.8) is 0 Å². The van der Waals surface area contributed by atoms with Crippen LogP contribution < -0.4 is 0 Å². The Hall–Kier alpha value is -1.19. The van der Waals surface area contributed by atoms with Crippen LogP contribution in [0.3, 0.4) is 0 Å². The van der Waals surface area contributed by atoms with E-state index in [0.717, 1.165) is 31.2 Å². The van der Waals surface area contributed by atoms with E-state index in [-0.39, 0.29) is 0 Å². The first-order valence-electron chi connectivity index (χ1n) is 13.5. The van der Waals surface area contributed by atoms with Crippen LogP contribution in [0.5, 0.6) is 0 Å². The quantitative estimate of drug-likeness (QED) is 0.148. The molecule has 0 bridgehead atoms. The Balaban J connectivity index is 1.81. The van der Waals surface area contributed by atoms with Crippen molar-refractivity contribution in [2.75, 3.05) is 0 Å². The van der Waals surface area contributed by atoms with Gasteiger partial charge in [-0.1, -0.05) is 132 Å². The molecule has 0 aliphatic carbocycles. The van der Waals surface area contributed by atoms with Crippen molar-refractivity contribution in [1.29, 1.82) is 0 Å². The summed E-state index contributed by atoms with van der Waals surface area (Å²) < 4.78 is 14.2. The molecular weight excluding hydrogens is 466 g/mol. The summed E-state index contributed by atoms with van der Waals surface area (Å²) in [6.45, 7) is 4.42. The number of aromatic nitrogens is 2. The molecule has 0 saturated carbocycles. The van der Waals surface area contributed by atoms with Crippen LogP contribution in [0.2, 0.25) is 10.3 Å². The molecule has 0 aliphatic heterocycles. The number of benzene rings is 1.